The molecule has 1 saturated heterocycles. The van der Waals surface area contributed by atoms with Gasteiger partial charge >= 0.3 is 0 Å². The number of para-hydroxylation sites is 2. The van der Waals surface area contributed by atoms with Gasteiger partial charge in [0.15, 0.2) is 0 Å². The smallest absolute Gasteiger partial charge is 0.270 e. The van der Waals surface area contributed by atoms with Gasteiger partial charge in [0.25, 0.3) is 5.91 Å². The van der Waals surface area contributed by atoms with Gasteiger partial charge in [-0.3, -0.25) is 4.79 Å². The quantitative estimate of drug-likeness (QED) is 0.280. The Morgan fingerprint density at radius 3 is 1.92 bits per heavy atom. The van der Waals surface area contributed by atoms with Gasteiger partial charge in [0.05, 0.1) is 10.7 Å². The summed E-state index contributed by atoms with van der Waals surface area (Å²) >= 11 is 6.44. The van der Waals surface area contributed by atoms with Crippen LogP contribution in [0.1, 0.15) is 33.1 Å². The second kappa shape index (κ2) is 10.2. The van der Waals surface area contributed by atoms with E-state index in [4.69, 9.17) is 11.6 Å². The van der Waals surface area contributed by atoms with Gasteiger partial charge in [0, 0.05) is 48.6 Å². The zero-order valence-electron chi connectivity index (χ0n) is 20.5. The normalized spacial score (nSPS) is 13.9. The minimum absolute atomic E-state index is 0.0434. The summed E-state index contributed by atoms with van der Waals surface area (Å²) in [5, 5.41) is 1.83. The van der Waals surface area contributed by atoms with Crippen LogP contribution in [-0.4, -0.2) is 42.0 Å². The zero-order chi connectivity index (χ0) is 25.2. The number of hydrogen-bond acceptors (Lipinski definition) is 2. The van der Waals surface area contributed by atoms with E-state index in [9.17, 15) is 4.79 Å². The third-order valence-electron chi connectivity index (χ3n) is 7.27. The van der Waals surface area contributed by atoms with Gasteiger partial charge in [-0.15, -0.1) is 0 Å². The van der Waals surface area contributed by atoms with Crippen LogP contribution in [0.5, 0.6) is 0 Å². The molecule has 5 aromatic rings. The summed E-state index contributed by atoms with van der Waals surface area (Å²) in [6, 6.07) is 37.1. The highest BCUT2D eigenvalue weighted by atomic mass is 35.5. The number of hydrogen-bond donors (Lipinski definition) is 1. The van der Waals surface area contributed by atoms with E-state index in [0.29, 0.717) is 18.8 Å². The molecule has 1 aromatic heterocycles. The zero-order valence-corrected chi connectivity index (χ0v) is 21.2. The van der Waals surface area contributed by atoms with Crippen molar-refractivity contribution in [2.24, 2.45) is 0 Å². The fourth-order valence-electron chi connectivity index (χ4n) is 5.47. The number of carbonyl (C=O) groups is 1. The van der Waals surface area contributed by atoms with E-state index in [1.807, 2.05) is 53.4 Å². The van der Waals surface area contributed by atoms with Crippen molar-refractivity contribution in [2.75, 3.05) is 31.1 Å². The summed E-state index contributed by atoms with van der Waals surface area (Å²) in [7, 11) is 0. The number of halogens is 1. The first kappa shape index (κ1) is 23.4. The molecule has 1 aliphatic rings. The molecule has 0 saturated carbocycles. The number of H-pyrrole nitrogens is 1. The van der Waals surface area contributed by atoms with Gasteiger partial charge in [-0.05, 0) is 29.3 Å². The van der Waals surface area contributed by atoms with Crippen molar-refractivity contribution in [1.82, 2.24) is 9.88 Å². The van der Waals surface area contributed by atoms with Crippen molar-refractivity contribution in [3.8, 4) is 0 Å². The van der Waals surface area contributed by atoms with Crippen molar-refractivity contribution in [3.05, 3.63) is 137 Å². The average Bonchev–Trinajstić information content (AvgIpc) is 3.34. The first-order chi connectivity index (χ1) is 18.2. The first-order valence-corrected chi connectivity index (χ1v) is 13.1. The van der Waals surface area contributed by atoms with Crippen molar-refractivity contribution < 1.29 is 4.79 Å². The van der Waals surface area contributed by atoms with E-state index >= 15 is 0 Å². The molecule has 0 atom stereocenters. The molecule has 6 rings (SSSR count). The maximum absolute atomic E-state index is 14.1. The van der Waals surface area contributed by atoms with Gasteiger partial charge in [0.1, 0.15) is 5.69 Å². The first-order valence-electron chi connectivity index (χ1n) is 12.7. The summed E-state index contributed by atoms with van der Waals surface area (Å²) in [4.78, 5) is 21.9. The Labute approximate surface area is 222 Å². The number of fused-ring (bicyclic) bond motifs is 1. The Morgan fingerprint density at radius 1 is 0.703 bits per heavy atom. The van der Waals surface area contributed by atoms with Crippen molar-refractivity contribution in [3.63, 3.8) is 0 Å². The number of nitrogens with zero attached hydrogens (tertiary/aromatic N) is 2. The molecule has 1 aliphatic heterocycles. The predicted molar refractivity (Wildman–Crippen MR) is 152 cm³/mol. The summed E-state index contributed by atoms with van der Waals surface area (Å²) in [5.74, 6) is -0.0243. The number of aromatic nitrogens is 1. The van der Waals surface area contributed by atoms with E-state index in [-0.39, 0.29) is 11.8 Å². The molecular formula is C32H28ClN3O. The molecule has 2 heterocycles. The highest BCUT2D eigenvalue weighted by Crippen LogP contribution is 2.39. The second-order valence-electron chi connectivity index (χ2n) is 9.44. The third kappa shape index (κ3) is 4.49. The molecule has 0 unspecified atom stereocenters. The van der Waals surface area contributed by atoms with Gasteiger partial charge < -0.3 is 14.8 Å². The van der Waals surface area contributed by atoms with Crippen LogP contribution in [0.25, 0.3) is 10.9 Å². The number of benzene rings is 4. The van der Waals surface area contributed by atoms with Gasteiger partial charge in [-0.2, -0.15) is 0 Å². The summed E-state index contributed by atoms with van der Waals surface area (Å²) in [6.07, 6.45) is 0. The molecule has 37 heavy (non-hydrogen) atoms. The average molecular weight is 506 g/mol. The fraction of sp³-hybridized carbons (Fsp3) is 0.156. The molecule has 0 aliphatic carbocycles. The van der Waals surface area contributed by atoms with Crippen LogP contribution in [0, 0.1) is 0 Å². The van der Waals surface area contributed by atoms with E-state index in [1.165, 1.54) is 0 Å². The second-order valence-corrected chi connectivity index (χ2v) is 9.85. The lowest BCUT2D eigenvalue weighted by atomic mass is 9.83. The van der Waals surface area contributed by atoms with E-state index in [2.05, 4.69) is 70.5 Å². The molecule has 5 heteroatoms. The molecular weight excluding hydrogens is 478 g/mol. The van der Waals surface area contributed by atoms with Gasteiger partial charge in [-0.25, -0.2) is 0 Å². The molecule has 0 radical (unpaired) electrons. The lowest BCUT2D eigenvalue weighted by molar-refractivity contribution is 0.0740. The monoisotopic (exact) mass is 505 g/mol. The van der Waals surface area contributed by atoms with E-state index < -0.39 is 0 Å². The van der Waals surface area contributed by atoms with Crippen LogP contribution in [0.4, 0.5) is 5.69 Å². The van der Waals surface area contributed by atoms with Crippen LogP contribution in [0.2, 0.25) is 5.02 Å². The number of carbonyl (C=O) groups excluding carboxylic acids is 1. The summed E-state index contributed by atoms with van der Waals surface area (Å²) < 4.78 is 0. The van der Waals surface area contributed by atoms with Crippen molar-refractivity contribution in [1.29, 1.82) is 0 Å². The topological polar surface area (TPSA) is 39.3 Å². The van der Waals surface area contributed by atoms with E-state index in [1.54, 1.807) is 0 Å². The Bertz CT molecular complexity index is 1480. The SMILES string of the molecule is O=C(c1[nH]c2ccccc2c1C(c1ccccc1)c1ccccc1)N1CCN(c2ccccc2Cl)CC1. The van der Waals surface area contributed by atoms with Crippen molar-refractivity contribution in [2.45, 2.75) is 5.92 Å². The van der Waals surface area contributed by atoms with Crippen LogP contribution >= 0.6 is 11.6 Å². The Morgan fingerprint density at radius 2 is 1.27 bits per heavy atom. The molecule has 184 valence electrons. The number of amides is 1. The van der Waals surface area contributed by atoms with Crippen LogP contribution in [0.3, 0.4) is 0 Å². The standard InChI is InChI=1S/C32H28ClN3O/c33-26-16-8-10-18-28(26)35-19-21-36(22-20-35)32(37)31-30(25-15-7-9-17-27(25)34-31)29(23-11-3-1-4-12-23)24-13-5-2-6-14-24/h1-18,29,34H,19-22H2. The number of rotatable bonds is 5. The summed E-state index contributed by atoms with van der Waals surface area (Å²) in [5.41, 5.74) is 6.03. The van der Waals surface area contributed by atoms with E-state index in [0.717, 1.165) is 51.4 Å². The molecule has 4 nitrogen and oxygen atoms in total. The number of aromatic amines is 1. The molecule has 1 fully saturated rings. The fourth-order valence-corrected chi connectivity index (χ4v) is 5.72. The van der Waals surface area contributed by atoms with Gasteiger partial charge in [-0.1, -0.05) is 103 Å². The highest BCUT2D eigenvalue weighted by Gasteiger charge is 2.31. The van der Waals surface area contributed by atoms with Crippen molar-refractivity contribution >= 4 is 34.1 Å². The van der Waals surface area contributed by atoms with Gasteiger partial charge in [0.2, 0.25) is 0 Å². The number of anilines is 1. The highest BCUT2D eigenvalue weighted by molar-refractivity contribution is 6.33. The largest absolute Gasteiger partial charge is 0.367 e. The minimum atomic E-state index is -0.0677. The predicted octanol–water partition coefficient (Wildman–Crippen LogP) is 6.96. The maximum atomic E-state index is 14.1. The minimum Gasteiger partial charge on any atom is -0.367 e. The van der Waals surface area contributed by atoms with Crippen LogP contribution in [-0.2, 0) is 0 Å². The third-order valence-corrected chi connectivity index (χ3v) is 7.59. The number of nitrogens with one attached hydrogen (secondary N) is 1. The lowest BCUT2D eigenvalue weighted by Crippen LogP contribution is -2.49. The molecule has 1 amide bonds. The summed E-state index contributed by atoms with van der Waals surface area (Å²) in [6.45, 7) is 2.76. The maximum Gasteiger partial charge on any atom is 0.270 e. The lowest BCUT2D eigenvalue weighted by Gasteiger charge is -2.36. The number of piperazine rings is 1. The Balaban J connectivity index is 1.39. The Kier molecular flexibility index (Phi) is 6.42. The molecule has 4 aromatic carbocycles. The van der Waals surface area contributed by atoms with Crippen LogP contribution in [0.15, 0.2) is 109 Å². The molecule has 0 bridgehead atoms. The molecule has 0 spiro atoms. The molecule has 1 N–H and O–H groups in total. The Hall–Kier alpha value is -4.02. The van der Waals surface area contributed by atoms with Crippen LogP contribution < -0.4 is 4.90 Å².